The molecule has 108 valence electrons. The maximum atomic E-state index is 4.82. The molecule has 0 spiro atoms. The first kappa shape index (κ1) is 15.0. The van der Waals surface area contributed by atoms with E-state index in [1.807, 2.05) is 22.9 Å². The molecular formula is C16H23N3S. The third-order valence-corrected chi connectivity index (χ3v) is 3.60. The Morgan fingerprint density at radius 3 is 2.10 bits per heavy atom. The highest BCUT2D eigenvalue weighted by Gasteiger charge is 2.20. The highest BCUT2D eigenvalue weighted by Crippen LogP contribution is 2.22. The van der Waals surface area contributed by atoms with Crippen molar-refractivity contribution in [2.24, 2.45) is 4.99 Å². The lowest BCUT2D eigenvalue weighted by atomic mass is 10.1. The third kappa shape index (κ3) is 3.57. The minimum Gasteiger partial charge on any atom is -0.252 e. The number of nitrogens with zero attached hydrogens (tertiary/aromatic N) is 3. The zero-order chi connectivity index (χ0) is 15.0. The van der Waals surface area contributed by atoms with Gasteiger partial charge in [-0.2, -0.15) is 5.10 Å². The minimum atomic E-state index is -0.104. The fourth-order valence-corrected chi connectivity index (χ4v) is 3.05. The van der Waals surface area contributed by atoms with E-state index in [0.29, 0.717) is 0 Å². The lowest BCUT2D eigenvalue weighted by molar-refractivity contribution is 0.339. The predicted octanol–water partition coefficient (Wildman–Crippen LogP) is 4.07. The Hall–Kier alpha value is -1.42. The van der Waals surface area contributed by atoms with Crippen LogP contribution in [0.25, 0.3) is 10.6 Å². The van der Waals surface area contributed by atoms with E-state index < -0.39 is 0 Å². The van der Waals surface area contributed by atoms with Crippen LogP contribution in [-0.4, -0.2) is 15.3 Å². The summed E-state index contributed by atoms with van der Waals surface area (Å²) in [6, 6.07) is 10.3. The van der Waals surface area contributed by atoms with Crippen LogP contribution in [0, 0.1) is 0 Å². The second-order valence-electron chi connectivity index (χ2n) is 6.92. The molecule has 1 aromatic carbocycles. The largest absolute Gasteiger partial charge is 0.252 e. The second kappa shape index (κ2) is 5.17. The standard InChI is InChI=1S/C16H23N3S/c1-15(2,3)17-14-19(16(4,5)6)18-13(20-14)12-10-8-7-9-11-12/h7-11H,1-6H3. The average Bonchev–Trinajstić information content (AvgIpc) is 2.71. The molecule has 0 aliphatic rings. The zero-order valence-electron chi connectivity index (χ0n) is 13.1. The summed E-state index contributed by atoms with van der Waals surface area (Å²) < 4.78 is 2.03. The molecule has 20 heavy (non-hydrogen) atoms. The van der Waals surface area contributed by atoms with E-state index in [-0.39, 0.29) is 11.1 Å². The molecule has 0 aliphatic carbocycles. The fraction of sp³-hybridized carbons (Fsp3) is 0.500. The summed E-state index contributed by atoms with van der Waals surface area (Å²) in [5.41, 5.74) is 0.965. The van der Waals surface area contributed by atoms with E-state index in [0.717, 1.165) is 15.4 Å². The van der Waals surface area contributed by atoms with Gasteiger partial charge in [0.25, 0.3) is 0 Å². The summed E-state index contributed by atoms with van der Waals surface area (Å²) in [6.07, 6.45) is 0. The van der Waals surface area contributed by atoms with Crippen LogP contribution < -0.4 is 4.80 Å². The quantitative estimate of drug-likeness (QED) is 0.778. The van der Waals surface area contributed by atoms with Crippen LogP contribution in [0.15, 0.2) is 35.3 Å². The van der Waals surface area contributed by atoms with Gasteiger partial charge < -0.3 is 0 Å². The Labute approximate surface area is 125 Å². The molecule has 0 saturated heterocycles. The van der Waals surface area contributed by atoms with Crippen LogP contribution in [0.4, 0.5) is 0 Å². The van der Waals surface area contributed by atoms with E-state index in [2.05, 4.69) is 53.7 Å². The molecule has 0 unspecified atom stereocenters. The maximum absolute atomic E-state index is 4.82. The minimum absolute atomic E-state index is 0.0758. The van der Waals surface area contributed by atoms with E-state index in [1.54, 1.807) is 11.3 Å². The number of hydrogen-bond donors (Lipinski definition) is 0. The molecule has 2 rings (SSSR count). The molecule has 0 saturated carbocycles. The Morgan fingerprint density at radius 2 is 1.60 bits per heavy atom. The molecule has 0 aliphatic heterocycles. The van der Waals surface area contributed by atoms with Crippen molar-refractivity contribution < 1.29 is 0 Å². The van der Waals surface area contributed by atoms with Crippen molar-refractivity contribution in [3.8, 4) is 10.6 Å². The predicted molar refractivity (Wildman–Crippen MR) is 85.9 cm³/mol. The molecule has 0 atom stereocenters. The highest BCUT2D eigenvalue weighted by molar-refractivity contribution is 7.12. The summed E-state index contributed by atoms with van der Waals surface area (Å²) in [5, 5.41) is 5.79. The van der Waals surface area contributed by atoms with Gasteiger partial charge in [-0.25, -0.2) is 4.68 Å². The molecule has 3 nitrogen and oxygen atoms in total. The van der Waals surface area contributed by atoms with Crippen molar-refractivity contribution in [3.63, 3.8) is 0 Å². The van der Waals surface area contributed by atoms with Crippen molar-refractivity contribution in [3.05, 3.63) is 35.1 Å². The Bertz CT molecular complexity index is 637. The van der Waals surface area contributed by atoms with Gasteiger partial charge in [0, 0.05) is 5.56 Å². The molecule has 0 radical (unpaired) electrons. The van der Waals surface area contributed by atoms with E-state index >= 15 is 0 Å². The fourth-order valence-electron chi connectivity index (χ4n) is 1.78. The van der Waals surface area contributed by atoms with Gasteiger partial charge in [0.05, 0.1) is 11.1 Å². The van der Waals surface area contributed by atoms with Gasteiger partial charge in [0.1, 0.15) is 5.01 Å². The SMILES string of the molecule is CC(C)(C)N=c1sc(-c2ccccc2)nn1C(C)(C)C. The van der Waals surface area contributed by atoms with Crippen LogP contribution in [0.3, 0.4) is 0 Å². The summed E-state index contributed by atoms with van der Waals surface area (Å²) in [5.74, 6) is 0. The number of benzene rings is 1. The molecule has 0 N–H and O–H groups in total. The van der Waals surface area contributed by atoms with E-state index in [9.17, 15) is 0 Å². The molecule has 4 heteroatoms. The molecular weight excluding hydrogens is 266 g/mol. The first-order valence-corrected chi connectivity index (χ1v) is 7.70. The molecule has 1 heterocycles. The zero-order valence-corrected chi connectivity index (χ0v) is 14.0. The van der Waals surface area contributed by atoms with Crippen LogP contribution in [0.2, 0.25) is 0 Å². The van der Waals surface area contributed by atoms with Crippen LogP contribution in [0.5, 0.6) is 0 Å². The summed E-state index contributed by atoms with van der Waals surface area (Å²) in [6.45, 7) is 12.8. The van der Waals surface area contributed by atoms with Gasteiger partial charge in [-0.3, -0.25) is 4.99 Å². The van der Waals surface area contributed by atoms with Gasteiger partial charge in [-0.1, -0.05) is 41.7 Å². The highest BCUT2D eigenvalue weighted by atomic mass is 32.1. The van der Waals surface area contributed by atoms with Gasteiger partial charge in [-0.05, 0) is 41.5 Å². The lowest BCUT2D eigenvalue weighted by Gasteiger charge is -2.20. The molecule has 1 aromatic heterocycles. The van der Waals surface area contributed by atoms with Crippen molar-refractivity contribution in [1.29, 1.82) is 0 Å². The Morgan fingerprint density at radius 1 is 1.00 bits per heavy atom. The van der Waals surface area contributed by atoms with Gasteiger partial charge in [-0.15, -0.1) is 0 Å². The van der Waals surface area contributed by atoms with Crippen LogP contribution in [-0.2, 0) is 5.54 Å². The molecule has 0 amide bonds. The summed E-state index contributed by atoms with van der Waals surface area (Å²) >= 11 is 1.65. The molecule has 0 fully saturated rings. The van der Waals surface area contributed by atoms with Crippen molar-refractivity contribution in [1.82, 2.24) is 9.78 Å². The van der Waals surface area contributed by atoms with Crippen LogP contribution in [0.1, 0.15) is 41.5 Å². The van der Waals surface area contributed by atoms with Crippen molar-refractivity contribution in [2.45, 2.75) is 52.6 Å². The Kier molecular flexibility index (Phi) is 3.87. The van der Waals surface area contributed by atoms with Crippen LogP contribution >= 0.6 is 11.3 Å². The molecule has 2 aromatic rings. The Balaban J connectivity index is 2.63. The van der Waals surface area contributed by atoms with Gasteiger partial charge in [0.2, 0.25) is 4.80 Å². The van der Waals surface area contributed by atoms with Crippen molar-refractivity contribution >= 4 is 11.3 Å². The molecule has 0 bridgehead atoms. The van der Waals surface area contributed by atoms with Crippen molar-refractivity contribution in [2.75, 3.05) is 0 Å². The monoisotopic (exact) mass is 289 g/mol. The van der Waals surface area contributed by atoms with E-state index in [1.165, 1.54) is 0 Å². The van der Waals surface area contributed by atoms with E-state index in [4.69, 9.17) is 10.1 Å². The van der Waals surface area contributed by atoms with Gasteiger partial charge >= 0.3 is 0 Å². The maximum Gasteiger partial charge on any atom is 0.204 e. The topological polar surface area (TPSA) is 30.2 Å². The average molecular weight is 289 g/mol. The first-order valence-electron chi connectivity index (χ1n) is 6.89. The van der Waals surface area contributed by atoms with Gasteiger partial charge in [0.15, 0.2) is 0 Å². The smallest absolute Gasteiger partial charge is 0.204 e. The second-order valence-corrected chi connectivity index (χ2v) is 7.88. The third-order valence-electron chi connectivity index (χ3n) is 2.65. The summed E-state index contributed by atoms with van der Waals surface area (Å²) in [7, 11) is 0. The number of aromatic nitrogens is 2. The normalized spacial score (nSPS) is 13.8. The lowest BCUT2D eigenvalue weighted by Crippen LogP contribution is -2.34. The first-order chi connectivity index (χ1) is 9.17. The number of hydrogen-bond acceptors (Lipinski definition) is 3. The summed E-state index contributed by atoms with van der Waals surface area (Å²) in [4.78, 5) is 5.80. The number of rotatable bonds is 1.